The zero-order valence-corrected chi connectivity index (χ0v) is 13.7. The van der Waals surface area contributed by atoms with Gasteiger partial charge >= 0.3 is 0 Å². The van der Waals surface area contributed by atoms with Gasteiger partial charge in [0.15, 0.2) is 5.13 Å². The number of hydrogen-bond acceptors (Lipinski definition) is 7. The second-order valence-electron chi connectivity index (χ2n) is 5.17. The van der Waals surface area contributed by atoms with E-state index in [9.17, 15) is 14.9 Å². The lowest BCUT2D eigenvalue weighted by Crippen LogP contribution is -2.19. The lowest BCUT2D eigenvalue weighted by molar-refractivity contribution is -0.384. The molecule has 0 saturated carbocycles. The van der Waals surface area contributed by atoms with Crippen molar-refractivity contribution < 1.29 is 9.72 Å². The number of nitrogens with two attached hydrogens (primary N) is 1. The van der Waals surface area contributed by atoms with Crippen LogP contribution in [0.4, 0.5) is 10.8 Å². The first-order chi connectivity index (χ1) is 12.0. The molecule has 0 unspecified atom stereocenters. The molecular weight excluding hydrogens is 342 g/mol. The zero-order valence-electron chi connectivity index (χ0n) is 12.9. The van der Waals surface area contributed by atoms with Crippen LogP contribution in [0.3, 0.4) is 0 Å². The minimum Gasteiger partial charge on any atom is -0.375 e. The molecule has 9 heteroatoms. The monoisotopic (exact) mass is 355 g/mol. The molecule has 3 aromatic rings. The van der Waals surface area contributed by atoms with E-state index in [1.54, 1.807) is 12.1 Å². The predicted octanol–water partition coefficient (Wildman–Crippen LogP) is 2.48. The van der Waals surface area contributed by atoms with Crippen molar-refractivity contribution in [2.45, 2.75) is 6.42 Å². The molecule has 0 fully saturated rings. The number of non-ortho nitro benzene ring substituents is 1. The molecule has 126 valence electrons. The Labute approximate surface area is 146 Å². The third-order valence-corrected chi connectivity index (χ3v) is 4.19. The molecule has 0 radical (unpaired) electrons. The van der Waals surface area contributed by atoms with Gasteiger partial charge in [-0.1, -0.05) is 17.4 Å². The fourth-order valence-corrected chi connectivity index (χ4v) is 2.98. The molecule has 1 heterocycles. The Kier molecular flexibility index (Phi) is 4.66. The van der Waals surface area contributed by atoms with Gasteiger partial charge in [-0.2, -0.15) is 5.10 Å². The molecule has 1 aromatic heterocycles. The van der Waals surface area contributed by atoms with Gasteiger partial charge in [-0.25, -0.2) is 10.4 Å². The van der Waals surface area contributed by atoms with Gasteiger partial charge in [0, 0.05) is 12.1 Å². The first kappa shape index (κ1) is 16.5. The molecule has 0 aliphatic heterocycles. The maximum Gasteiger partial charge on any atom is 0.269 e. The lowest BCUT2D eigenvalue weighted by Gasteiger charge is -2.00. The van der Waals surface area contributed by atoms with E-state index in [0.717, 1.165) is 15.8 Å². The highest BCUT2D eigenvalue weighted by Crippen LogP contribution is 2.24. The first-order valence-corrected chi connectivity index (χ1v) is 8.04. The second-order valence-corrected chi connectivity index (χ2v) is 6.24. The number of nitrogens with one attached hydrogen (secondary N) is 1. The maximum absolute atomic E-state index is 11.9. The van der Waals surface area contributed by atoms with Crippen molar-refractivity contribution in [2.75, 3.05) is 5.73 Å². The summed E-state index contributed by atoms with van der Waals surface area (Å²) in [6.45, 7) is 0. The van der Waals surface area contributed by atoms with E-state index in [2.05, 4.69) is 15.5 Å². The number of rotatable bonds is 5. The molecule has 3 rings (SSSR count). The number of thiazole rings is 1. The van der Waals surface area contributed by atoms with Crippen LogP contribution in [0.25, 0.3) is 10.2 Å². The normalized spacial score (nSPS) is 11.0. The number of benzene rings is 2. The fraction of sp³-hybridized carbons (Fsp3) is 0.0625. The summed E-state index contributed by atoms with van der Waals surface area (Å²) in [5.74, 6) is -0.269. The molecule has 0 aliphatic rings. The van der Waals surface area contributed by atoms with Gasteiger partial charge in [0.05, 0.1) is 27.8 Å². The number of nitro benzene ring substituents is 1. The summed E-state index contributed by atoms with van der Waals surface area (Å²) in [5.41, 5.74) is 10.4. The summed E-state index contributed by atoms with van der Waals surface area (Å²) in [6.07, 6.45) is 1.60. The smallest absolute Gasteiger partial charge is 0.269 e. The van der Waals surface area contributed by atoms with Crippen LogP contribution < -0.4 is 11.2 Å². The number of hydrazone groups is 1. The highest BCUT2D eigenvalue weighted by molar-refractivity contribution is 7.22. The quantitative estimate of drug-likeness (QED) is 0.413. The summed E-state index contributed by atoms with van der Waals surface area (Å²) < 4.78 is 0.928. The molecule has 0 spiro atoms. The number of nitrogens with zero attached hydrogens (tertiary/aromatic N) is 3. The Hall–Kier alpha value is -3.33. The number of amides is 1. The van der Waals surface area contributed by atoms with E-state index in [-0.39, 0.29) is 18.0 Å². The fourth-order valence-electron chi connectivity index (χ4n) is 2.18. The molecular formula is C16H13N5O3S. The zero-order chi connectivity index (χ0) is 17.8. The Morgan fingerprint density at radius 2 is 2.08 bits per heavy atom. The molecule has 0 saturated heterocycles. The Morgan fingerprint density at radius 3 is 2.80 bits per heavy atom. The Bertz CT molecular complexity index is 966. The van der Waals surface area contributed by atoms with Crippen molar-refractivity contribution in [3.63, 3.8) is 0 Å². The lowest BCUT2D eigenvalue weighted by atomic mass is 10.1. The number of nitro groups is 1. The SMILES string of the molecule is Nc1nc2ccc(CC(=O)N/N=C\c3ccc([N+](=O)[O-])cc3)cc2s1. The van der Waals surface area contributed by atoms with Gasteiger partial charge in [-0.05, 0) is 35.4 Å². The maximum atomic E-state index is 11.9. The predicted molar refractivity (Wildman–Crippen MR) is 96.6 cm³/mol. The summed E-state index contributed by atoms with van der Waals surface area (Å²) >= 11 is 1.37. The standard InChI is InChI=1S/C16H13N5O3S/c17-16-19-13-6-3-11(7-14(13)25-16)8-15(22)20-18-9-10-1-4-12(5-2-10)21(23)24/h1-7,9H,8H2,(H2,17,19)(H,20,22)/b18-9-. The molecule has 0 atom stereocenters. The molecule has 2 aromatic carbocycles. The number of hydrogen-bond donors (Lipinski definition) is 2. The van der Waals surface area contributed by atoms with Crippen molar-refractivity contribution >= 4 is 44.5 Å². The van der Waals surface area contributed by atoms with Gasteiger partial charge in [0.1, 0.15) is 0 Å². The van der Waals surface area contributed by atoms with E-state index in [4.69, 9.17) is 5.73 Å². The van der Waals surface area contributed by atoms with Gasteiger partial charge < -0.3 is 5.73 Å². The number of carbonyl (C=O) groups is 1. The van der Waals surface area contributed by atoms with Crippen molar-refractivity contribution in [1.29, 1.82) is 0 Å². The highest BCUT2D eigenvalue weighted by atomic mass is 32.1. The van der Waals surface area contributed by atoms with Gasteiger partial charge in [0.25, 0.3) is 5.69 Å². The van der Waals surface area contributed by atoms with Crippen LogP contribution in [0.1, 0.15) is 11.1 Å². The van der Waals surface area contributed by atoms with E-state index in [1.165, 1.54) is 29.7 Å². The van der Waals surface area contributed by atoms with Gasteiger partial charge in [-0.3, -0.25) is 14.9 Å². The molecule has 1 amide bonds. The third kappa shape index (κ3) is 4.15. The minimum absolute atomic E-state index is 0.000260. The molecule has 8 nitrogen and oxygen atoms in total. The topological polar surface area (TPSA) is 124 Å². The summed E-state index contributed by atoms with van der Waals surface area (Å²) in [6, 6.07) is 11.4. The molecule has 0 bridgehead atoms. The van der Waals surface area contributed by atoms with E-state index in [1.807, 2.05) is 18.2 Å². The third-order valence-electron chi connectivity index (χ3n) is 3.34. The second kappa shape index (κ2) is 7.05. The highest BCUT2D eigenvalue weighted by Gasteiger charge is 2.06. The van der Waals surface area contributed by atoms with Gasteiger partial charge in [-0.15, -0.1) is 0 Å². The largest absolute Gasteiger partial charge is 0.375 e. The molecule has 3 N–H and O–H groups in total. The van der Waals surface area contributed by atoms with Crippen LogP contribution in [0.2, 0.25) is 0 Å². The van der Waals surface area contributed by atoms with Crippen LogP contribution in [-0.4, -0.2) is 22.0 Å². The Morgan fingerprint density at radius 1 is 1.32 bits per heavy atom. The van der Waals surface area contributed by atoms with Crippen molar-refractivity contribution in [3.8, 4) is 0 Å². The average Bonchev–Trinajstić information content (AvgIpc) is 2.94. The first-order valence-electron chi connectivity index (χ1n) is 7.22. The van der Waals surface area contributed by atoms with Crippen LogP contribution >= 0.6 is 11.3 Å². The van der Waals surface area contributed by atoms with Crippen molar-refractivity contribution in [1.82, 2.24) is 10.4 Å². The van der Waals surface area contributed by atoms with E-state index < -0.39 is 4.92 Å². The average molecular weight is 355 g/mol. The van der Waals surface area contributed by atoms with Crippen LogP contribution in [-0.2, 0) is 11.2 Å². The number of fused-ring (bicyclic) bond motifs is 1. The minimum atomic E-state index is -0.476. The molecule has 25 heavy (non-hydrogen) atoms. The van der Waals surface area contributed by atoms with Crippen LogP contribution in [0, 0.1) is 10.1 Å². The molecule has 0 aliphatic carbocycles. The summed E-state index contributed by atoms with van der Waals surface area (Å²) in [5, 5.41) is 14.9. The van der Waals surface area contributed by atoms with Crippen molar-refractivity contribution in [2.24, 2.45) is 5.10 Å². The number of carbonyl (C=O) groups excluding carboxylic acids is 1. The summed E-state index contributed by atoms with van der Waals surface area (Å²) in [7, 11) is 0. The van der Waals surface area contributed by atoms with E-state index in [0.29, 0.717) is 10.7 Å². The van der Waals surface area contributed by atoms with Crippen molar-refractivity contribution in [3.05, 3.63) is 63.7 Å². The number of anilines is 1. The van der Waals surface area contributed by atoms with E-state index >= 15 is 0 Å². The van der Waals surface area contributed by atoms with Crippen LogP contribution in [0.5, 0.6) is 0 Å². The summed E-state index contributed by atoms with van der Waals surface area (Å²) in [4.78, 5) is 26.2. The number of aromatic nitrogens is 1. The Balaban J connectivity index is 1.58. The van der Waals surface area contributed by atoms with Crippen LogP contribution in [0.15, 0.2) is 47.6 Å². The number of nitrogen functional groups attached to an aromatic ring is 1. The van der Waals surface area contributed by atoms with Gasteiger partial charge in [0.2, 0.25) is 5.91 Å².